The van der Waals surface area contributed by atoms with E-state index in [0.29, 0.717) is 29.9 Å². The standard InChI is InChI=1S/C28H35FN2O6/c1-19-28(15-14-24(33)37-27(2,3)4,26(34)30-18-21-8-5-6-9-23(21)29)31-25(36-19)20-10-12-22(13-11-20)35-17-7-16-32/h5-6,8-13,19,32H,7,14-18H2,1-4H3,(H,30,34)/t19-,28-/m1/s1. The van der Waals surface area contributed by atoms with Crippen molar-refractivity contribution in [1.82, 2.24) is 5.32 Å². The molecule has 0 unspecified atom stereocenters. The van der Waals surface area contributed by atoms with Crippen molar-refractivity contribution in [3.8, 4) is 5.75 Å². The maximum atomic E-state index is 14.1. The summed E-state index contributed by atoms with van der Waals surface area (Å²) in [7, 11) is 0. The van der Waals surface area contributed by atoms with Crippen LogP contribution >= 0.6 is 0 Å². The van der Waals surface area contributed by atoms with Crippen molar-refractivity contribution < 1.29 is 33.3 Å². The van der Waals surface area contributed by atoms with Crippen LogP contribution in [0, 0.1) is 5.82 Å². The first-order chi connectivity index (χ1) is 17.5. The van der Waals surface area contributed by atoms with Gasteiger partial charge in [-0.25, -0.2) is 9.38 Å². The molecule has 0 aliphatic carbocycles. The van der Waals surface area contributed by atoms with Gasteiger partial charge in [0.05, 0.1) is 6.61 Å². The van der Waals surface area contributed by atoms with Crippen molar-refractivity contribution in [3.05, 3.63) is 65.5 Å². The van der Waals surface area contributed by atoms with Gasteiger partial charge >= 0.3 is 5.97 Å². The third-order valence-electron chi connectivity index (χ3n) is 5.86. The van der Waals surface area contributed by atoms with Crippen molar-refractivity contribution in [3.63, 3.8) is 0 Å². The predicted molar refractivity (Wildman–Crippen MR) is 137 cm³/mol. The Kier molecular flexibility index (Phi) is 9.26. The molecule has 3 rings (SSSR count). The minimum atomic E-state index is -1.41. The number of nitrogens with one attached hydrogen (secondary N) is 1. The highest BCUT2D eigenvalue weighted by atomic mass is 19.1. The van der Waals surface area contributed by atoms with Gasteiger partial charge in [0.15, 0.2) is 5.54 Å². The Labute approximate surface area is 216 Å². The molecule has 0 aromatic heterocycles. The van der Waals surface area contributed by atoms with Crippen molar-refractivity contribution in [2.24, 2.45) is 4.99 Å². The van der Waals surface area contributed by atoms with Gasteiger partial charge in [0, 0.05) is 37.1 Å². The number of halogens is 1. The van der Waals surface area contributed by atoms with E-state index in [0.717, 1.165) is 0 Å². The smallest absolute Gasteiger partial charge is 0.306 e. The molecule has 0 saturated heterocycles. The van der Waals surface area contributed by atoms with E-state index >= 15 is 0 Å². The van der Waals surface area contributed by atoms with Crippen LogP contribution in [-0.4, -0.2) is 53.3 Å². The van der Waals surface area contributed by atoms with Crippen molar-refractivity contribution in [1.29, 1.82) is 0 Å². The van der Waals surface area contributed by atoms with Crippen LogP contribution in [-0.2, 0) is 25.6 Å². The number of esters is 1. The lowest BCUT2D eigenvalue weighted by atomic mass is 9.87. The van der Waals surface area contributed by atoms with E-state index in [4.69, 9.17) is 19.3 Å². The van der Waals surface area contributed by atoms with Gasteiger partial charge in [0.1, 0.15) is 23.3 Å². The Balaban J connectivity index is 1.83. The zero-order valence-corrected chi connectivity index (χ0v) is 21.8. The maximum Gasteiger partial charge on any atom is 0.306 e. The van der Waals surface area contributed by atoms with E-state index in [1.807, 2.05) is 0 Å². The lowest BCUT2D eigenvalue weighted by Crippen LogP contribution is -2.51. The topological polar surface area (TPSA) is 106 Å². The first-order valence-electron chi connectivity index (χ1n) is 12.4. The lowest BCUT2D eigenvalue weighted by molar-refractivity contribution is -0.155. The molecule has 2 aromatic rings. The van der Waals surface area contributed by atoms with Crippen LogP contribution in [0.4, 0.5) is 4.39 Å². The van der Waals surface area contributed by atoms with E-state index in [-0.39, 0.29) is 31.9 Å². The monoisotopic (exact) mass is 514 g/mol. The van der Waals surface area contributed by atoms with E-state index in [1.54, 1.807) is 70.2 Å². The van der Waals surface area contributed by atoms with Gasteiger partial charge in [-0.05, 0) is 64.4 Å². The summed E-state index contributed by atoms with van der Waals surface area (Å²) in [5.74, 6) is -0.450. The average Bonchev–Trinajstić information content (AvgIpc) is 3.19. The molecular weight excluding hydrogens is 479 g/mol. The molecule has 2 aromatic carbocycles. The van der Waals surface area contributed by atoms with E-state index < -0.39 is 34.9 Å². The number of carbonyl (C=O) groups is 2. The second-order valence-electron chi connectivity index (χ2n) is 9.91. The summed E-state index contributed by atoms with van der Waals surface area (Å²) in [5.41, 5.74) is -1.09. The van der Waals surface area contributed by atoms with Crippen LogP contribution in [0.3, 0.4) is 0 Å². The van der Waals surface area contributed by atoms with Gasteiger partial charge in [-0.3, -0.25) is 9.59 Å². The Morgan fingerprint density at radius 2 is 1.86 bits per heavy atom. The molecule has 8 nitrogen and oxygen atoms in total. The van der Waals surface area contributed by atoms with Gasteiger partial charge in [-0.1, -0.05) is 18.2 Å². The first-order valence-corrected chi connectivity index (χ1v) is 12.4. The molecular formula is C28H35FN2O6. The number of benzene rings is 2. The quantitative estimate of drug-likeness (QED) is 0.348. The zero-order chi connectivity index (χ0) is 27.1. The minimum Gasteiger partial charge on any atom is -0.494 e. The molecule has 1 amide bonds. The molecule has 0 radical (unpaired) electrons. The van der Waals surface area contributed by atoms with Gasteiger partial charge in [0.2, 0.25) is 5.90 Å². The molecule has 1 aliphatic heterocycles. The fraction of sp³-hybridized carbons (Fsp3) is 0.464. The number of aliphatic imine (C=N–C) groups is 1. The van der Waals surface area contributed by atoms with E-state index in [2.05, 4.69) is 10.3 Å². The van der Waals surface area contributed by atoms with E-state index in [9.17, 15) is 14.0 Å². The molecule has 2 N–H and O–H groups in total. The van der Waals surface area contributed by atoms with Crippen LogP contribution in [0.25, 0.3) is 0 Å². The molecule has 1 heterocycles. The zero-order valence-electron chi connectivity index (χ0n) is 21.8. The number of aliphatic hydroxyl groups excluding tert-OH is 1. The Bertz CT molecular complexity index is 1110. The fourth-order valence-electron chi connectivity index (χ4n) is 3.91. The summed E-state index contributed by atoms with van der Waals surface area (Å²) in [6, 6.07) is 13.2. The molecule has 0 fully saturated rings. The average molecular weight is 515 g/mol. The summed E-state index contributed by atoms with van der Waals surface area (Å²) >= 11 is 0. The molecule has 9 heteroatoms. The predicted octanol–water partition coefficient (Wildman–Crippen LogP) is 3.93. The lowest BCUT2D eigenvalue weighted by Gasteiger charge is -2.28. The van der Waals surface area contributed by atoms with Gasteiger partial charge in [-0.2, -0.15) is 0 Å². The molecule has 1 aliphatic rings. The van der Waals surface area contributed by atoms with Crippen LogP contribution < -0.4 is 10.1 Å². The third-order valence-corrected chi connectivity index (χ3v) is 5.86. The molecule has 0 bridgehead atoms. The number of hydrogen-bond donors (Lipinski definition) is 2. The molecule has 2 atom stereocenters. The van der Waals surface area contributed by atoms with Crippen LogP contribution in [0.1, 0.15) is 58.1 Å². The fourth-order valence-corrected chi connectivity index (χ4v) is 3.91. The van der Waals surface area contributed by atoms with Crippen molar-refractivity contribution in [2.75, 3.05) is 13.2 Å². The second-order valence-corrected chi connectivity index (χ2v) is 9.91. The van der Waals surface area contributed by atoms with Gasteiger partial charge in [0.25, 0.3) is 5.91 Å². The molecule has 0 spiro atoms. The summed E-state index contributed by atoms with van der Waals surface area (Å²) in [4.78, 5) is 30.7. The van der Waals surface area contributed by atoms with Gasteiger partial charge < -0.3 is 24.6 Å². The van der Waals surface area contributed by atoms with Crippen LogP contribution in [0.5, 0.6) is 5.75 Å². The Hall–Kier alpha value is -3.46. The Morgan fingerprint density at radius 1 is 1.16 bits per heavy atom. The van der Waals surface area contributed by atoms with Gasteiger partial charge in [-0.15, -0.1) is 0 Å². The summed E-state index contributed by atoms with van der Waals surface area (Å²) < 4.78 is 31.1. The number of rotatable bonds is 11. The number of carbonyl (C=O) groups excluding carboxylic acids is 2. The normalized spacial score (nSPS) is 19.1. The summed E-state index contributed by atoms with van der Waals surface area (Å²) in [6.07, 6.45) is -0.159. The first kappa shape index (κ1) is 28.1. The number of aliphatic hydroxyl groups is 1. The molecule has 37 heavy (non-hydrogen) atoms. The minimum absolute atomic E-state index is 0.0306. The highest BCUT2D eigenvalue weighted by Gasteiger charge is 2.50. The maximum absolute atomic E-state index is 14.1. The van der Waals surface area contributed by atoms with E-state index in [1.165, 1.54) is 6.07 Å². The highest BCUT2D eigenvalue weighted by molar-refractivity contribution is 6.00. The number of hydrogen-bond acceptors (Lipinski definition) is 7. The number of amides is 1. The number of nitrogens with zero attached hydrogens (tertiary/aromatic N) is 1. The Morgan fingerprint density at radius 3 is 2.51 bits per heavy atom. The number of ether oxygens (including phenoxy) is 3. The summed E-state index contributed by atoms with van der Waals surface area (Å²) in [6.45, 7) is 7.45. The molecule has 200 valence electrons. The SMILES string of the molecule is C[C@H]1OC(c2ccc(OCCCO)cc2)=N[C@@]1(CCC(=O)OC(C)(C)C)C(=O)NCc1ccccc1F. The largest absolute Gasteiger partial charge is 0.494 e. The van der Waals surface area contributed by atoms with Crippen LogP contribution in [0.15, 0.2) is 53.5 Å². The molecule has 0 saturated carbocycles. The summed E-state index contributed by atoms with van der Waals surface area (Å²) in [5, 5.41) is 11.7. The van der Waals surface area contributed by atoms with Crippen molar-refractivity contribution in [2.45, 2.75) is 70.7 Å². The van der Waals surface area contributed by atoms with Crippen LogP contribution in [0.2, 0.25) is 0 Å². The third kappa shape index (κ3) is 7.52. The highest BCUT2D eigenvalue weighted by Crippen LogP contribution is 2.34. The van der Waals surface area contributed by atoms with Crippen molar-refractivity contribution >= 4 is 17.8 Å². The second kappa shape index (κ2) is 12.2.